The highest BCUT2D eigenvalue weighted by molar-refractivity contribution is 8.00. The van der Waals surface area contributed by atoms with Gasteiger partial charge in [0.2, 0.25) is 5.91 Å². The Balaban J connectivity index is 1.45. The molecule has 2 aliphatic rings. The third-order valence-electron chi connectivity index (χ3n) is 6.21. The number of hydrogen-bond acceptors (Lipinski definition) is 5. The van der Waals surface area contributed by atoms with Crippen LogP contribution in [0.5, 0.6) is 0 Å². The first kappa shape index (κ1) is 19.8. The van der Waals surface area contributed by atoms with E-state index in [2.05, 4.69) is 11.4 Å². The van der Waals surface area contributed by atoms with E-state index in [-0.39, 0.29) is 22.8 Å². The van der Waals surface area contributed by atoms with Crippen molar-refractivity contribution in [3.63, 3.8) is 0 Å². The van der Waals surface area contributed by atoms with Crippen LogP contribution in [0.2, 0.25) is 0 Å². The lowest BCUT2D eigenvalue weighted by molar-refractivity contribution is -0.131. The van der Waals surface area contributed by atoms with Crippen LogP contribution in [0, 0.1) is 0 Å². The second-order valence-electron chi connectivity index (χ2n) is 8.16. The fraction of sp³-hybridized carbons (Fsp3) is 0.435. The van der Waals surface area contributed by atoms with Gasteiger partial charge >= 0.3 is 0 Å². The summed E-state index contributed by atoms with van der Waals surface area (Å²) in [7, 11) is 0. The second-order valence-corrected chi connectivity index (χ2v) is 10.5. The highest BCUT2D eigenvalue weighted by Crippen LogP contribution is 2.34. The zero-order valence-corrected chi connectivity index (χ0v) is 18.7. The van der Waals surface area contributed by atoms with Crippen molar-refractivity contribution in [3.8, 4) is 0 Å². The number of carbonyl (C=O) groups excluding carboxylic acids is 1. The molecule has 7 heteroatoms. The molecule has 5 nitrogen and oxygen atoms in total. The first-order chi connectivity index (χ1) is 14.6. The fourth-order valence-electron chi connectivity index (χ4n) is 4.60. The molecule has 0 spiro atoms. The van der Waals surface area contributed by atoms with E-state index in [4.69, 9.17) is 4.98 Å². The van der Waals surface area contributed by atoms with Gasteiger partial charge in [0.15, 0.2) is 5.16 Å². The number of benzene rings is 1. The van der Waals surface area contributed by atoms with E-state index in [0.717, 1.165) is 38.6 Å². The van der Waals surface area contributed by atoms with E-state index in [0.29, 0.717) is 22.6 Å². The van der Waals surface area contributed by atoms with E-state index in [1.807, 2.05) is 40.7 Å². The van der Waals surface area contributed by atoms with Gasteiger partial charge < -0.3 is 4.90 Å². The van der Waals surface area contributed by atoms with Gasteiger partial charge in [-0.25, -0.2) is 4.98 Å². The third kappa shape index (κ3) is 3.58. The molecule has 0 radical (unpaired) electrons. The van der Waals surface area contributed by atoms with E-state index in [9.17, 15) is 9.59 Å². The molecule has 0 saturated heterocycles. The molecule has 0 N–H and O–H groups in total. The molecule has 5 rings (SSSR count). The molecule has 1 saturated carbocycles. The first-order valence-corrected chi connectivity index (χ1v) is 12.4. The molecule has 0 bridgehead atoms. The normalized spacial score (nSPS) is 18.0. The minimum atomic E-state index is -0.286. The fourth-order valence-corrected chi connectivity index (χ4v) is 6.55. The van der Waals surface area contributed by atoms with Crippen LogP contribution in [0.1, 0.15) is 49.1 Å². The summed E-state index contributed by atoms with van der Waals surface area (Å²) >= 11 is 3.21. The number of para-hydroxylation sites is 1. The number of aromatic nitrogens is 2. The minimum Gasteiger partial charge on any atom is -0.337 e. The van der Waals surface area contributed by atoms with Crippen molar-refractivity contribution < 1.29 is 4.79 Å². The molecule has 2 aromatic heterocycles. The minimum absolute atomic E-state index is 0.0236. The van der Waals surface area contributed by atoms with Crippen molar-refractivity contribution >= 4 is 39.9 Å². The largest absolute Gasteiger partial charge is 0.337 e. The smallest absolute Gasteiger partial charge is 0.262 e. The number of carbonyl (C=O) groups is 1. The molecule has 156 valence electrons. The molecule has 3 heterocycles. The summed E-state index contributed by atoms with van der Waals surface area (Å²) < 4.78 is 1.87. The Labute approximate surface area is 184 Å². The molecule has 1 aromatic carbocycles. The van der Waals surface area contributed by atoms with Crippen LogP contribution in [0.3, 0.4) is 0 Å². The van der Waals surface area contributed by atoms with E-state index in [1.165, 1.54) is 22.2 Å². The first-order valence-electron chi connectivity index (χ1n) is 10.6. The predicted octanol–water partition coefficient (Wildman–Crippen LogP) is 4.64. The summed E-state index contributed by atoms with van der Waals surface area (Å²) in [5.41, 5.74) is 2.00. The summed E-state index contributed by atoms with van der Waals surface area (Å²) in [6, 6.07) is 9.84. The number of hydrogen-bond donors (Lipinski definition) is 0. The number of rotatable bonds is 4. The van der Waals surface area contributed by atoms with Crippen LogP contribution in [-0.2, 0) is 17.8 Å². The summed E-state index contributed by atoms with van der Waals surface area (Å²) in [4.78, 5) is 34.7. The van der Waals surface area contributed by atoms with E-state index in [1.54, 1.807) is 11.3 Å². The summed E-state index contributed by atoms with van der Waals surface area (Å²) in [6.07, 6.45) is 5.21. The van der Waals surface area contributed by atoms with Crippen molar-refractivity contribution in [1.82, 2.24) is 14.5 Å². The maximum atomic E-state index is 13.3. The van der Waals surface area contributed by atoms with Gasteiger partial charge in [0.05, 0.1) is 16.2 Å². The van der Waals surface area contributed by atoms with Gasteiger partial charge in [0.1, 0.15) is 0 Å². The van der Waals surface area contributed by atoms with Crippen LogP contribution >= 0.6 is 23.1 Å². The lowest BCUT2D eigenvalue weighted by Gasteiger charge is -2.29. The molecule has 1 atom stereocenters. The van der Waals surface area contributed by atoms with Crippen molar-refractivity contribution in [3.05, 3.63) is 56.5 Å². The quantitative estimate of drug-likeness (QED) is 0.439. The Bertz CT molecular complexity index is 1150. The molecule has 30 heavy (non-hydrogen) atoms. The number of thioether (sulfide) groups is 1. The van der Waals surface area contributed by atoms with Crippen LogP contribution in [0.15, 0.2) is 45.7 Å². The number of thiophene rings is 1. The van der Waals surface area contributed by atoms with Gasteiger partial charge in [-0.2, -0.15) is 0 Å². The molecule has 1 aliphatic carbocycles. The summed E-state index contributed by atoms with van der Waals surface area (Å²) in [5.74, 6) is 0.122. The van der Waals surface area contributed by atoms with Gasteiger partial charge in [-0.15, -0.1) is 11.3 Å². The van der Waals surface area contributed by atoms with Gasteiger partial charge in [-0.05, 0) is 55.3 Å². The molecule has 1 fully saturated rings. The Morgan fingerprint density at radius 1 is 1.23 bits per heavy atom. The lowest BCUT2D eigenvalue weighted by atomic mass is 10.1. The molecule has 1 amide bonds. The zero-order chi connectivity index (χ0) is 20.7. The number of fused-ring (bicyclic) bond motifs is 2. The number of amides is 1. The summed E-state index contributed by atoms with van der Waals surface area (Å²) in [5, 5.41) is 3.16. The lowest BCUT2D eigenvalue weighted by Crippen LogP contribution is -2.40. The maximum absolute atomic E-state index is 13.3. The highest BCUT2D eigenvalue weighted by atomic mass is 32.2. The van der Waals surface area contributed by atoms with E-state index < -0.39 is 0 Å². The second kappa shape index (κ2) is 8.19. The molecular formula is C23H25N3O2S2. The average molecular weight is 440 g/mol. The molecular weight excluding hydrogens is 414 g/mol. The van der Waals surface area contributed by atoms with Gasteiger partial charge in [0, 0.05) is 24.0 Å². The standard InChI is InChI=1S/C23H25N3O2S2/c1-15(21(27)25-12-10-20-16(14-25)11-13-29-20)30-23-24-19-9-5-4-8-18(19)22(28)26(23)17-6-2-3-7-17/h4-5,8-9,11,13,15,17H,2-3,6-7,10,12,14H2,1H3. The van der Waals surface area contributed by atoms with Gasteiger partial charge in [-0.1, -0.05) is 36.7 Å². The van der Waals surface area contributed by atoms with Crippen molar-refractivity contribution in [2.75, 3.05) is 6.54 Å². The van der Waals surface area contributed by atoms with Gasteiger partial charge in [-0.3, -0.25) is 14.2 Å². The van der Waals surface area contributed by atoms with Crippen molar-refractivity contribution in [2.24, 2.45) is 0 Å². The van der Waals surface area contributed by atoms with Crippen molar-refractivity contribution in [1.29, 1.82) is 0 Å². The topological polar surface area (TPSA) is 55.2 Å². The Hall–Kier alpha value is -2.12. The van der Waals surface area contributed by atoms with Crippen LogP contribution in [-0.4, -0.2) is 32.2 Å². The van der Waals surface area contributed by atoms with Crippen LogP contribution in [0.4, 0.5) is 0 Å². The summed E-state index contributed by atoms with van der Waals surface area (Å²) in [6.45, 7) is 3.39. The Morgan fingerprint density at radius 3 is 2.87 bits per heavy atom. The SMILES string of the molecule is CC(Sc1nc2ccccc2c(=O)n1C1CCCC1)C(=O)N1CCc2sccc2C1. The number of nitrogens with zero attached hydrogens (tertiary/aromatic N) is 3. The van der Waals surface area contributed by atoms with Crippen LogP contribution in [0.25, 0.3) is 10.9 Å². The molecule has 3 aromatic rings. The van der Waals surface area contributed by atoms with Crippen molar-refractivity contribution in [2.45, 2.75) is 62.0 Å². The zero-order valence-electron chi connectivity index (χ0n) is 17.0. The Kier molecular flexibility index (Phi) is 5.41. The maximum Gasteiger partial charge on any atom is 0.262 e. The van der Waals surface area contributed by atoms with Crippen LogP contribution < -0.4 is 5.56 Å². The predicted molar refractivity (Wildman–Crippen MR) is 122 cm³/mol. The molecule has 1 unspecified atom stereocenters. The monoisotopic (exact) mass is 439 g/mol. The van der Waals surface area contributed by atoms with Gasteiger partial charge in [0.25, 0.3) is 5.56 Å². The third-order valence-corrected chi connectivity index (χ3v) is 8.29. The average Bonchev–Trinajstić information content (AvgIpc) is 3.45. The Morgan fingerprint density at radius 2 is 2.03 bits per heavy atom. The van der Waals surface area contributed by atoms with E-state index >= 15 is 0 Å². The molecule has 1 aliphatic heterocycles. The highest BCUT2D eigenvalue weighted by Gasteiger charge is 2.29.